The van der Waals surface area contributed by atoms with Crippen molar-refractivity contribution in [1.82, 2.24) is 4.90 Å². The predicted octanol–water partition coefficient (Wildman–Crippen LogP) is -0.649. The molecule has 1 fully saturated rings. The number of aliphatic hydroxyl groups is 1. The Morgan fingerprint density at radius 3 is 2.57 bits per heavy atom. The van der Waals surface area contributed by atoms with Crippen molar-refractivity contribution in [3.63, 3.8) is 0 Å². The normalized spacial score (nSPS) is 26.4. The summed E-state index contributed by atoms with van der Waals surface area (Å²) in [7, 11) is 0. The molecule has 2 N–H and O–H groups in total. The summed E-state index contributed by atoms with van der Waals surface area (Å²) in [5.74, 6) is -1.45. The molecule has 5 nitrogen and oxygen atoms in total. The first-order valence-electron chi connectivity index (χ1n) is 4.32. The molecule has 1 rings (SSSR count). The van der Waals surface area contributed by atoms with Gasteiger partial charge in [0, 0.05) is 18.2 Å². The Balaban J connectivity index is 2.79. The van der Waals surface area contributed by atoms with Crippen molar-refractivity contribution in [2.45, 2.75) is 30.7 Å². The van der Waals surface area contributed by atoms with Gasteiger partial charge in [0.25, 0.3) is 0 Å². The van der Waals surface area contributed by atoms with Gasteiger partial charge in [-0.05, 0) is 6.92 Å². The van der Waals surface area contributed by atoms with Gasteiger partial charge in [-0.2, -0.15) is 12.6 Å². The molecule has 0 radical (unpaired) electrons. The number of likely N-dealkylation sites (tertiary alicyclic amines) is 1. The average Bonchev–Trinajstić information content (AvgIpc) is 2.29. The molecule has 0 aromatic heterocycles. The van der Waals surface area contributed by atoms with Gasteiger partial charge in [0.2, 0.25) is 5.91 Å². The average molecular weight is 219 g/mol. The molecule has 0 spiro atoms. The van der Waals surface area contributed by atoms with Gasteiger partial charge in [-0.3, -0.25) is 4.79 Å². The number of carboxylic acid groups (broad SMARTS) is 1. The third-order valence-electron chi connectivity index (χ3n) is 2.18. The minimum Gasteiger partial charge on any atom is -0.480 e. The third-order valence-corrected chi connectivity index (χ3v) is 2.53. The molecule has 1 unspecified atom stereocenters. The van der Waals surface area contributed by atoms with E-state index in [1.54, 1.807) is 0 Å². The lowest BCUT2D eigenvalue weighted by molar-refractivity contribution is -0.152. The number of hydrogen-bond donors (Lipinski definition) is 3. The van der Waals surface area contributed by atoms with Crippen LogP contribution in [0.2, 0.25) is 0 Å². The van der Waals surface area contributed by atoms with Crippen molar-refractivity contribution < 1.29 is 19.8 Å². The van der Waals surface area contributed by atoms with Gasteiger partial charge in [0.1, 0.15) is 0 Å². The third kappa shape index (κ3) is 2.19. The van der Waals surface area contributed by atoms with Crippen LogP contribution in [0.3, 0.4) is 0 Å². The van der Waals surface area contributed by atoms with E-state index in [-0.39, 0.29) is 24.1 Å². The van der Waals surface area contributed by atoms with Crippen molar-refractivity contribution in [3.05, 3.63) is 0 Å². The minimum atomic E-state index is -1.18. The summed E-state index contributed by atoms with van der Waals surface area (Å²) >= 11 is 4.11. The summed E-state index contributed by atoms with van der Waals surface area (Å²) in [6.45, 7) is 1.64. The van der Waals surface area contributed by atoms with Crippen LogP contribution in [0.4, 0.5) is 0 Å². The summed E-state index contributed by atoms with van der Waals surface area (Å²) in [5.41, 5.74) is 0. The van der Waals surface area contributed by atoms with E-state index >= 15 is 0 Å². The van der Waals surface area contributed by atoms with Crippen molar-refractivity contribution in [3.8, 4) is 0 Å². The largest absolute Gasteiger partial charge is 0.480 e. The van der Waals surface area contributed by atoms with Crippen LogP contribution in [0.5, 0.6) is 0 Å². The van der Waals surface area contributed by atoms with Crippen LogP contribution in [0.15, 0.2) is 0 Å². The summed E-state index contributed by atoms with van der Waals surface area (Å²) in [6, 6.07) is -1.15. The van der Waals surface area contributed by atoms with Crippen LogP contribution in [-0.4, -0.2) is 50.9 Å². The zero-order valence-electron chi connectivity index (χ0n) is 7.75. The van der Waals surface area contributed by atoms with E-state index in [0.29, 0.717) is 0 Å². The van der Waals surface area contributed by atoms with Crippen molar-refractivity contribution in [2.24, 2.45) is 0 Å². The SMILES string of the molecule is C[C@H](O)[C@H](C(=O)O)N1CC(S)CC1=O. The number of rotatable bonds is 3. The summed E-state index contributed by atoms with van der Waals surface area (Å²) in [4.78, 5) is 23.3. The standard InChI is InChI=1S/C8H13NO4S/c1-4(10)7(8(12)13)9-3-5(14)2-6(9)11/h4-5,7,10,14H,2-3H2,1H3,(H,12,13)/t4-,5?,7+/m0/s1. The Kier molecular flexibility index (Phi) is 3.38. The zero-order chi connectivity index (χ0) is 10.9. The number of hydrogen-bond acceptors (Lipinski definition) is 4. The van der Waals surface area contributed by atoms with Gasteiger partial charge < -0.3 is 15.1 Å². The molecule has 3 atom stereocenters. The molecular formula is C8H13NO4S. The molecule has 0 aliphatic carbocycles. The maximum Gasteiger partial charge on any atom is 0.329 e. The van der Waals surface area contributed by atoms with E-state index in [1.807, 2.05) is 0 Å². The number of amides is 1. The fraction of sp³-hybridized carbons (Fsp3) is 0.750. The first-order chi connectivity index (χ1) is 6.43. The number of aliphatic carboxylic acids is 1. The van der Waals surface area contributed by atoms with E-state index < -0.39 is 18.1 Å². The van der Waals surface area contributed by atoms with Gasteiger partial charge in [-0.15, -0.1) is 0 Å². The van der Waals surface area contributed by atoms with Crippen LogP contribution >= 0.6 is 12.6 Å². The Bertz CT molecular complexity index is 256. The summed E-state index contributed by atoms with van der Waals surface area (Å²) < 4.78 is 0. The van der Waals surface area contributed by atoms with Crippen LogP contribution in [0.25, 0.3) is 0 Å². The molecule has 0 aromatic rings. The van der Waals surface area contributed by atoms with Gasteiger partial charge in [-0.1, -0.05) is 0 Å². The molecule has 1 saturated heterocycles. The number of aliphatic hydroxyl groups excluding tert-OH is 1. The lowest BCUT2D eigenvalue weighted by Gasteiger charge is -2.26. The molecule has 1 aliphatic heterocycles. The van der Waals surface area contributed by atoms with E-state index in [9.17, 15) is 14.7 Å². The van der Waals surface area contributed by atoms with E-state index in [0.717, 1.165) is 0 Å². The molecule has 1 heterocycles. The molecule has 14 heavy (non-hydrogen) atoms. The van der Waals surface area contributed by atoms with Gasteiger partial charge in [-0.25, -0.2) is 4.79 Å². The lowest BCUT2D eigenvalue weighted by atomic mass is 10.1. The molecule has 1 aliphatic rings. The zero-order valence-corrected chi connectivity index (χ0v) is 8.65. The topological polar surface area (TPSA) is 77.8 Å². The highest BCUT2D eigenvalue weighted by Gasteiger charge is 2.38. The number of nitrogens with zero attached hydrogens (tertiary/aromatic N) is 1. The lowest BCUT2D eigenvalue weighted by Crippen LogP contribution is -2.48. The predicted molar refractivity (Wildman–Crippen MR) is 52.2 cm³/mol. The quantitative estimate of drug-likeness (QED) is 0.551. The number of carboxylic acids is 1. The molecule has 0 bridgehead atoms. The molecule has 0 saturated carbocycles. The van der Waals surface area contributed by atoms with Gasteiger partial charge in [0.15, 0.2) is 6.04 Å². The second-order valence-electron chi connectivity index (χ2n) is 3.43. The smallest absolute Gasteiger partial charge is 0.329 e. The maximum atomic E-state index is 11.3. The van der Waals surface area contributed by atoms with Crippen molar-refractivity contribution in [2.75, 3.05) is 6.54 Å². The van der Waals surface area contributed by atoms with E-state index in [4.69, 9.17) is 5.11 Å². The number of carbonyl (C=O) groups excluding carboxylic acids is 1. The number of carbonyl (C=O) groups is 2. The Labute approximate surface area is 87.1 Å². The minimum absolute atomic E-state index is 0.136. The number of thiol groups is 1. The van der Waals surface area contributed by atoms with Crippen LogP contribution in [0, 0.1) is 0 Å². The fourth-order valence-corrected chi connectivity index (χ4v) is 1.91. The van der Waals surface area contributed by atoms with Crippen LogP contribution < -0.4 is 0 Å². The first kappa shape index (κ1) is 11.3. The van der Waals surface area contributed by atoms with Gasteiger partial charge in [0.05, 0.1) is 6.10 Å². The molecule has 6 heteroatoms. The summed E-state index contributed by atoms with van der Waals surface area (Å²) in [5, 5.41) is 17.9. The Morgan fingerprint density at radius 1 is 1.71 bits per heavy atom. The maximum absolute atomic E-state index is 11.3. The highest BCUT2D eigenvalue weighted by Crippen LogP contribution is 2.20. The molecule has 80 valence electrons. The van der Waals surface area contributed by atoms with Crippen LogP contribution in [0.1, 0.15) is 13.3 Å². The van der Waals surface area contributed by atoms with Crippen molar-refractivity contribution in [1.29, 1.82) is 0 Å². The Hall–Kier alpha value is -0.750. The molecule has 0 aromatic carbocycles. The molecule has 1 amide bonds. The highest BCUT2D eigenvalue weighted by atomic mass is 32.1. The first-order valence-corrected chi connectivity index (χ1v) is 4.83. The van der Waals surface area contributed by atoms with Crippen LogP contribution in [-0.2, 0) is 9.59 Å². The Morgan fingerprint density at radius 2 is 2.29 bits per heavy atom. The van der Waals surface area contributed by atoms with Gasteiger partial charge >= 0.3 is 5.97 Å². The fourth-order valence-electron chi connectivity index (χ4n) is 1.58. The second-order valence-corrected chi connectivity index (χ2v) is 4.16. The van der Waals surface area contributed by atoms with E-state index in [2.05, 4.69) is 12.6 Å². The highest BCUT2D eigenvalue weighted by molar-refractivity contribution is 7.81. The molecular weight excluding hydrogens is 206 g/mol. The van der Waals surface area contributed by atoms with E-state index in [1.165, 1.54) is 11.8 Å². The second kappa shape index (κ2) is 4.18. The monoisotopic (exact) mass is 219 g/mol. The summed E-state index contributed by atoms with van der Waals surface area (Å²) in [6.07, 6.45) is -0.838. The van der Waals surface area contributed by atoms with Crippen molar-refractivity contribution >= 4 is 24.5 Å².